The Labute approximate surface area is 127 Å². The molecule has 1 aromatic carbocycles. The van der Waals surface area contributed by atoms with Crippen molar-refractivity contribution >= 4 is 39.3 Å². The summed E-state index contributed by atoms with van der Waals surface area (Å²) in [6.07, 6.45) is 0. The molecule has 0 aliphatic rings. The van der Waals surface area contributed by atoms with E-state index in [4.69, 9.17) is 5.11 Å². The molecule has 0 aliphatic heterocycles. The van der Waals surface area contributed by atoms with Gasteiger partial charge >= 0.3 is 5.97 Å². The number of thiazole rings is 1. The number of aliphatic hydroxyl groups excluding tert-OH is 1. The maximum absolute atomic E-state index is 10.7. The van der Waals surface area contributed by atoms with Crippen molar-refractivity contribution in [3.05, 3.63) is 29.5 Å². The fourth-order valence-corrected chi connectivity index (χ4v) is 3.27. The molecule has 2 aromatic heterocycles. The molecule has 0 fully saturated rings. The number of hydrogen-bond acceptors (Lipinski definition) is 7. The molecule has 0 bridgehead atoms. The molecule has 7 nitrogen and oxygen atoms in total. The molecule has 3 rings (SSSR count). The van der Waals surface area contributed by atoms with Gasteiger partial charge in [-0.15, -0.1) is 21.5 Å². The molecular weight excluding hydrogens is 312 g/mol. The van der Waals surface area contributed by atoms with Gasteiger partial charge in [0.15, 0.2) is 11.0 Å². The van der Waals surface area contributed by atoms with Crippen molar-refractivity contribution in [1.29, 1.82) is 0 Å². The van der Waals surface area contributed by atoms with E-state index in [2.05, 4.69) is 15.2 Å². The molecule has 3 aromatic rings. The first-order valence-electron chi connectivity index (χ1n) is 5.92. The van der Waals surface area contributed by atoms with Crippen LogP contribution in [0.15, 0.2) is 28.9 Å². The van der Waals surface area contributed by atoms with Crippen LogP contribution in [0.2, 0.25) is 0 Å². The minimum atomic E-state index is -0.932. The van der Waals surface area contributed by atoms with E-state index in [-0.39, 0.29) is 12.4 Å². The Bertz CT molecular complexity index is 799. The average molecular weight is 322 g/mol. The fourth-order valence-electron chi connectivity index (χ4n) is 1.86. The van der Waals surface area contributed by atoms with Crippen LogP contribution in [0.4, 0.5) is 0 Å². The first kappa shape index (κ1) is 14.0. The lowest BCUT2D eigenvalue weighted by molar-refractivity contribution is -0.133. The summed E-state index contributed by atoms with van der Waals surface area (Å²) >= 11 is 2.57. The third-order valence-corrected chi connectivity index (χ3v) is 4.45. The minimum Gasteiger partial charge on any atom is -0.481 e. The summed E-state index contributed by atoms with van der Waals surface area (Å²) in [6.45, 7) is -0.276. The number of aliphatic hydroxyl groups is 1. The first-order valence-corrected chi connectivity index (χ1v) is 7.79. The number of fused-ring (bicyclic) bond motifs is 1. The summed E-state index contributed by atoms with van der Waals surface area (Å²) in [7, 11) is 0. The zero-order valence-electron chi connectivity index (χ0n) is 10.6. The summed E-state index contributed by atoms with van der Waals surface area (Å²) in [5.41, 5.74) is 3.42. The lowest BCUT2D eigenvalue weighted by atomic mass is 10.3. The first-order chi connectivity index (χ1) is 10.2. The third kappa shape index (κ3) is 2.75. The maximum atomic E-state index is 10.7. The Kier molecular flexibility index (Phi) is 3.86. The van der Waals surface area contributed by atoms with Crippen molar-refractivity contribution in [2.45, 2.75) is 11.8 Å². The smallest absolute Gasteiger partial charge is 0.313 e. The number of hydrogen-bond donors (Lipinski definition) is 2. The lowest BCUT2D eigenvalue weighted by Crippen LogP contribution is -2.04. The van der Waals surface area contributed by atoms with Gasteiger partial charge in [0.1, 0.15) is 6.61 Å². The van der Waals surface area contributed by atoms with Crippen molar-refractivity contribution in [1.82, 2.24) is 19.7 Å². The molecule has 21 heavy (non-hydrogen) atoms. The van der Waals surface area contributed by atoms with Crippen molar-refractivity contribution in [2.75, 3.05) is 5.75 Å². The summed E-state index contributed by atoms with van der Waals surface area (Å²) in [6, 6.07) is 5.63. The van der Waals surface area contributed by atoms with E-state index in [1.54, 1.807) is 10.1 Å². The van der Waals surface area contributed by atoms with Gasteiger partial charge in [-0.2, -0.15) is 0 Å². The summed E-state index contributed by atoms with van der Waals surface area (Å²) in [5, 5.41) is 26.4. The maximum Gasteiger partial charge on any atom is 0.313 e. The fraction of sp³-hybridized carbons (Fsp3) is 0.167. The Morgan fingerprint density at radius 3 is 3.00 bits per heavy atom. The van der Waals surface area contributed by atoms with Crippen molar-refractivity contribution in [3.63, 3.8) is 0 Å². The van der Waals surface area contributed by atoms with Gasteiger partial charge in [-0.3, -0.25) is 9.36 Å². The van der Waals surface area contributed by atoms with Gasteiger partial charge in [-0.05, 0) is 18.2 Å². The monoisotopic (exact) mass is 322 g/mol. The zero-order valence-corrected chi connectivity index (χ0v) is 12.3. The van der Waals surface area contributed by atoms with Gasteiger partial charge in [0.2, 0.25) is 0 Å². The normalized spacial score (nSPS) is 11.1. The SMILES string of the molecule is O=C(O)CSc1nnc(CO)n1-c1ccc2ncsc2c1. The molecule has 0 aliphatic carbocycles. The molecule has 0 spiro atoms. The average Bonchev–Trinajstić information content (AvgIpc) is 3.10. The molecule has 0 saturated heterocycles. The van der Waals surface area contributed by atoms with Gasteiger partial charge in [-0.25, -0.2) is 4.98 Å². The number of carboxylic acid groups (broad SMARTS) is 1. The number of aliphatic carboxylic acids is 1. The van der Waals surface area contributed by atoms with Gasteiger partial charge in [0.05, 0.1) is 27.2 Å². The van der Waals surface area contributed by atoms with Crippen LogP contribution in [0, 0.1) is 0 Å². The second-order valence-corrected chi connectivity index (χ2v) is 5.91. The lowest BCUT2D eigenvalue weighted by Gasteiger charge is -2.08. The molecule has 2 heterocycles. The van der Waals surface area contributed by atoms with Crippen molar-refractivity contribution in [2.24, 2.45) is 0 Å². The molecule has 9 heteroatoms. The molecule has 0 atom stereocenters. The number of rotatable bonds is 5. The Morgan fingerprint density at radius 2 is 2.24 bits per heavy atom. The topological polar surface area (TPSA) is 101 Å². The molecule has 108 valence electrons. The second-order valence-electron chi connectivity index (χ2n) is 4.08. The van der Waals surface area contributed by atoms with E-state index in [1.165, 1.54) is 11.3 Å². The number of thioether (sulfide) groups is 1. The number of aromatic nitrogens is 4. The van der Waals surface area contributed by atoms with Gasteiger partial charge in [0, 0.05) is 0 Å². The van der Waals surface area contributed by atoms with E-state index < -0.39 is 5.97 Å². The summed E-state index contributed by atoms with van der Waals surface area (Å²) < 4.78 is 2.66. The quantitative estimate of drug-likeness (QED) is 0.687. The molecule has 0 amide bonds. The van der Waals surface area contributed by atoms with Crippen molar-refractivity contribution < 1.29 is 15.0 Å². The predicted octanol–water partition coefficient (Wildman–Crippen LogP) is 1.55. The van der Waals surface area contributed by atoms with Gasteiger partial charge < -0.3 is 10.2 Å². The number of benzene rings is 1. The number of carbonyl (C=O) groups is 1. The van der Waals surface area contributed by atoms with Crippen LogP contribution in [0.3, 0.4) is 0 Å². The highest BCUT2D eigenvalue weighted by molar-refractivity contribution is 7.99. The van der Waals surface area contributed by atoms with Crippen LogP contribution in [0.25, 0.3) is 15.9 Å². The van der Waals surface area contributed by atoms with E-state index in [9.17, 15) is 9.90 Å². The number of carboxylic acids is 1. The molecule has 2 N–H and O–H groups in total. The predicted molar refractivity (Wildman–Crippen MR) is 78.8 cm³/mol. The highest BCUT2D eigenvalue weighted by Gasteiger charge is 2.15. The highest BCUT2D eigenvalue weighted by atomic mass is 32.2. The van der Waals surface area contributed by atoms with Gasteiger partial charge in [-0.1, -0.05) is 11.8 Å². The van der Waals surface area contributed by atoms with E-state index in [0.29, 0.717) is 11.0 Å². The van der Waals surface area contributed by atoms with Crippen LogP contribution in [0.5, 0.6) is 0 Å². The Balaban J connectivity index is 2.05. The minimum absolute atomic E-state index is 0.119. The summed E-state index contributed by atoms with van der Waals surface area (Å²) in [4.78, 5) is 14.9. The van der Waals surface area contributed by atoms with E-state index in [0.717, 1.165) is 27.7 Å². The van der Waals surface area contributed by atoms with Gasteiger partial charge in [0.25, 0.3) is 0 Å². The zero-order chi connectivity index (χ0) is 14.8. The molecule has 0 radical (unpaired) electrons. The standard InChI is InChI=1S/C12H10N4O3S2/c17-4-10-14-15-12(20-5-11(18)19)16(10)7-1-2-8-9(3-7)21-6-13-8/h1-3,6,17H,4-5H2,(H,18,19). The van der Waals surface area contributed by atoms with Crippen LogP contribution in [-0.4, -0.2) is 41.7 Å². The molecular formula is C12H10N4O3S2. The van der Waals surface area contributed by atoms with Crippen LogP contribution >= 0.6 is 23.1 Å². The Morgan fingerprint density at radius 1 is 1.38 bits per heavy atom. The number of nitrogens with zero attached hydrogens (tertiary/aromatic N) is 4. The molecule has 0 saturated carbocycles. The largest absolute Gasteiger partial charge is 0.481 e. The van der Waals surface area contributed by atoms with Crippen LogP contribution in [-0.2, 0) is 11.4 Å². The van der Waals surface area contributed by atoms with Crippen molar-refractivity contribution in [3.8, 4) is 5.69 Å². The van der Waals surface area contributed by atoms with E-state index in [1.807, 2.05) is 18.2 Å². The van der Waals surface area contributed by atoms with Crippen LogP contribution < -0.4 is 0 Å². The Hall–Kier alpha value is -1.97. The molecule has 0 unspecified atom stereocenters. The van der Waals surface area contributed by atoms with E-state index >= 15 is 0 Å². The van der Waals surface area contributed by atoms with Crippen LogP contribution in [0.1, 0.15) is 5.82 Å². The second kappa shape index (κ2) is 5.80. The highest BCUT2D eigenvalue weighted by Crippen LogP contribution is 2.26. The third-order valence-electron chi connectivity index (χ3n) is 2.74. The summed E-state index contributed by atoms with van der Waals surface area (Å²) in [5.74, 6) is -0.684.